The van der Waals surface area contributed by atoms with Gasteiger partial charge in [-0.15, -0.1) is 35.7 Å². The molecule has 0 saturated carbocycles. The van der Waals surface area contributed by atoms with Crippen LogP contribution in [0.5, 0.6) is 0 Å². The summed E-state index contributed by atoms with van der Waals surface area (Å²) in [5.41, 5.74) is 0. The molecule has 1 unspecified atom stereocenters. The molecule has 0 spiro atoms. The molecule has 0 nitrogen and oxygen atoms in total. The smallest absolute Gasteiger partial charge is 0.0845 e. The maximum absolute atomic E-state index is 6.06. The quantitative estimate of drug-likeness (QED) is 0.414. The molecule has 0 aliphatic rings. The van der Waals surface area contributed by atoms with Crippen LogP contribution in [0.15, 0.2) is 35.2 Å². The van der Waals surface area contributed by atoms with Crippen molar-refractivity contribution in [2.75, 3.05) is 0 Å². The number of hydrogen-bond acceptors (Lipinski definition) is 1. The van der Waals surface area contributed by atoms with Gasteiger partial charge in [0.2, 0.25) is 0 Å². The zero-order chi connectivity index (χ0) is 9.52. The van der Waals surface area contributed by atoms with Crippen molar-refractivity contribution in [1.29, 1.82) is 0 Å². The molecule has 0 fully saturated rings. The number of halogens is 1. The normalized spacial score (nSPS) is 12.0. The molecule has 13 heavy (non-hydrogen) atoms. The van der Waals surface area contributed by atoms with Crippen LogP contribution in [0.4, 0.5) is 0 Å². The second-order valence-corrected chi connectivity index (χ2v) is 4.65. The van der Waals surface area contributed by atoms with Gasteiger partial charge in [0.25, 0.3) is 0 Å². The first-order valence-electron chi connectivity index (χ1n) is 4.12. The van der Waals surface area contributed by atoms with Gasteiger partial charge in [0.15, 0.2) is 0 Å². The standard InChI is InChI=1S/C11H11ClS/c1-2-3-9-11(12)13-10-7-5-4-6-8-10/h1,4-8,11H,3,9H2. The van der Waals surface area contributed by atoms with Crippen molar-refractivity contribution in [3.63, 3.8) is 0 Å². The van der Waals surface area contributed by atoms with Gasteiger partial charge in [0.1, 0.15) is 0 Å². The zero-order valence-corrected chi connectivity index (χ0v) is 8.81. The van der Waals surface area contributed by atoms with Crippen LogP contribution in [0.1, 0.15) is 12.8 Å². The summed E-state index contributed by atoms with van der Waals surface area (Å²) >= 11 is 7.71. The lowest BCUT2D eigenvalue weighted by atomic mass is 10.3. The second-order valence-electron chi connectivity index (χ2n) is 2.58. The Balaban J connectivity index is 2.37. The van der Waals surface area contributed by atoms with Crippen LogP contribution >= 0.6 is 23.4 Å². The average molecular weight is 211 g/mol. The Bertz CT molecular complexity index is 276. The Kier molecular flexibility index (Phi) is 4.82. The van der Waals surface area contributed by atoms with E-state index in [1.54, 1.807) is 11.8 Å². The minimum absolute atomic E-state index is 0.0819. The van der Waals surface area contributed by atoms with Crippen LogP contribution in [0, 0.1) is 12.3 Å². The minimum atomic E-state index is 0.0819. The fourth-order valence-electron chi connectivity index (χ4n) is 0.902. The first kappa shape index (κ1) is 10.5. The number of thioether (sulfide) groups is 1. The second kappa shape index (κ2) is 5.96. The van der Waals surface area contributed by atoms with E-state index in [2.05, 4.69) is 18.1 Å². The van der Waals surface area contributed by atoms with E-state index < -0.39 is 0 Å². The highest BCUT2D eigenvalue weighted by atomic mass is 35.5. The number of hydrogen-bond donors (Lipinski definition) is 0. The Morgan fingerprint density at radius 1 is 1.38 bits per heavy atom. The van der Waals surface area contributed by atoms with Gasteiger partial charge in [0, 0.05) is 11.3 Å². The third-order valence-corrected chi connectivity index (χ3v) is 3.04. The third-order valence-electron chi connectivity index (χ3n) is 1.52. The molecule has 1 atom stereocenters. The molecule has 68 valence electrons. The number of alkyl halides is 1. The summed E-state index contributed by atoms with van der Waals surface area (Å²) in [4.78, 5) is 1.19. The summed E-state index contributed by atoms with van der Waals surface area (Å²) < 4.78 is 0.0819. The molecule has 1 aromatic rings. The van der Waals surface area contributed by atoms with Gasteiger partial charge in [-0.25, -0.2) is 0 Å². The lowest BCUT2D eigenvalue weighted by Gasteiger charge is -2.06. The van der Waals surface area contributed by atoms with E-state index in [9.17, 15) is 0 Å². The van der Waals surface area contributed by atoms with Gasteiger partial charge in [-0.2, -0.15) is 0 Å². The van der Waals surface area contributed by atoms with Crippen LogP contribution in [0.2, 0.25) is 0 Å². The summed E-state index contributed by atoms with van der Waals surface area (Å²) in [5, 5.41) is 0. The van der Waals surface area contributed by atoms with Gasteiger partial charge in [0.05, 0.1) is 4.71 Å². The van der Waals surface area contributed by atoms with Crippen LogP contribution in [0.25, 0.3) is 0 Å². The van der Waals surface area contributed by atoms with Gasteiger partial charge in [-0.1, -0.05) is 18.2 Å². The Morgan fingerprint density at radius 2 is 2.08 bits per heavy atom. The van der Waals surface area contributed by atoms with E-state index in [4.69, 9.17) is 18.0 Å². The highest BCUT2D eigenvalue weighted by Gasteiger charge is 2.04. The number of terminal acetylenes is 1. The van der Waals surface area contributed by atoms with Crippen molar-refractivity contribution in [3.8, 4) is 12.3 Å². The fraction of sp³-hybridized carbons (Fsp3) is 0.273. The van der Waals surface area contributed by atoms with Crippen LogP contribution in [-0.4, -0.2) is 4.71 Å². The van der Waals surface area contributed by atoms with Gasteiger partial charge in [-0.05, 0) is 18.6 Å². The van der Waals surface area contributed by atoms with Crippen molar-refractivity contribution in [2.24, 2.45) is 0 Å². The summed E-state index contributed by atoms with van der Waals surface area (Å²) in [6.07, 6.45) is 6.76. The van der Waals surface area contributed by atoms with Gasteiger partial charge < -0.3 is 0 Å². The monoisotopic (exact) mass is 210 g/mol. The SMILES string of the molecule is C#CCCC(Cl)Sc1ccccc1. The van der Waals surface area contributed by atoms with Crippen molar-refractivity contribution < 1.29 is 0 Å². The highest BCUT2D eigenvalue weighted by Crippen LogP contribution is 2.28. The molecule has 0 radical (unpaired) electrons. The zero-order valence-electron chi connectivity index (χ0n) is 7.24. The molecule has 0 bridgehead atoms. The average Bonchev–Trinajstić information content (AvgIpc) is 2.16. The lowest BCUT2D eigenvalue weighted by molar-refractivity contribution is 0.953. The van der Waals surface area contributed by atoms with Gasteiger partial charge in [-0.3, -0.25) is 0 Å². The Morgan fingerprint density at radius 3 is 2.69 bits per heavy atom. The summed E-state index contributed by atoms with van der Waals surface area (Å²) in [6, 6.07) is 10.1. The van der Waals surface area contributed by atoms with E-state index in [-0.39, 0.29) is 4.71 Å². The predicted octanol–water partition coefficient (Wildman–Crippen LogP) is 3.76. The molecular weight excluding hydrogens is 200 g/mol. The highest BCUT2D eigenvalue weighted by molar-refractivity contribution is 8.01. The van der Waals surface area contributed by atoms with Crippen molar-refractivity contribution in [1.82, 2.24) is 0 Å². The molecule has 0 saturated heterocycles. The summed E-state index contributed by atoms with van der Waals surface area (Å²) in [5.74, 6) is 2.59. The Labute approximate surface area is 88.7 Å². The van der Waals surface area contributed by atoms with E-state index in [0.29, 0.717) is 0 Å². The van der Waals surface area contributed by atoms with Crippen molar-refractivity contribution >= 4 is 23.4 Å². The largest absolute Gasteiger partial charge is 0.120 e. The number of rotatable bonds is 4. The maximum atomic E-state index is 6.06. The Hall–Kier alpha value is -0.580. The van der Waals surface area contributed by atoms with Crippen LogP contribution in [0.3, 0.4) is 0 Å². The molecule has 0 amide bonds. The van der Waals surface area contributed by atoms with Crippen molar-refractivity contribution in [3.05, 3.63) is 30.3 Å². The molecule has 0 aliphatic heterocycles. The summed E-state index contributed by atoms with van der Waals surface area (Å²) in [6.45, 7) is 0. The molecule has 1 aromatic carbocycles. The molecule has 2 heteroatoms. The van der Waals surface area contributed by atoms with E-state index >= 15 is 0 Å². The topological polar surface area (TPSA) is 0 Å². The third kappa shape index (κ3) is 4.26. The van der Waals surface area contributed by atoms with Crippen LogP contribution < -0.4 is 0 Å². The minimum Gasteiger partial charge on any atom is -0.120 e. The molecular formula is C11H11ClS. The fourth-order valence-corrected chi connectivity index (χ4v) is 2.17. The predicted molar refractivity (Wildman–Crippen MR) is 60.0 cm³/mol. The first-order chi connectivity index (χ1) is 6.33. The maximum Gasteiger partial charge on any atom is 0.0845 e. The lowest BCUT2D eigenvalue weighted by Crippen LogP contribution is -1.90. The van der Waals surface area contributed by atoms with E-state index in [1.807, 2.05) is 18.2 Å². The van der Waals surface area contributed by atoms with E-state index in [0.717, 1.165) is 12.8 Å². The van der Waals surface area contributed by atoms with E-state index in [1.165, 1.54) is 4.90 Å². The molecule has 0 aliphatic carbocycles. The first-order valence-corrected chi connectivity index (χ1v) is 5.44. The molecule has 0 heterocycles. The number of benzene rings is 1. The van der Waals surface area contributed by atoms with Crippen molar-refractivity contribution in [2.45, 2.75) is 22.4 Å². The molecule has 1 rings (SSSR count). The molecule has 0 aromatic heterocycles. The summed E-state index contributed by atoms with van der Waals surface area (Å²) in [7, 11) is 0. The van der Waals surface area contributed by atoms with Crippen LogP contribution in [-0.2, 0) is 0 Å². The van der Waals surface area contributed by atoms with Gasteiger partial charge >= 0.3 is 0 Å². The molecule has 0 N–H and O–H groups in total.